The van der Waals surface area contributed by atoms with Gasteiger partial charge in [0.1, 0.15) is 11.8 Å². The Hall–Kier alpha value is -3.67. The van der Waals surface area contributed by atoms with Crippen LogP contribution in [0.4, 0.5) is 0 Å². The molecule has 0 saturated carbocycles. The van der Waals surface area contributed by atoms with Crippen molar-refractivity contribution in [1.82, 2.24) is 24.9 Å². The van der Waals surface area contributed by atoms with Gasteiger partial charge in [-0.1, -0.05) is 6.92 Å². The number of carbonyl (C=O) groups excluding carboxylic acids is 2. The second-order valence-corrected chi connectivity index (χ2v) is 10.5. The monoisotopic (exact) mass is 633 g/mol. The standard InChI is InChI=1S/C27H47N5O12/c1-3-30(18-25(39)40)12-13-31(14-15-32(19-26(41)42)11-10-29(2)17-24(37)38)16-22(34)28-21(27(43)44)9-8-20(33)6-4-5-7-23(35)36/h21H,3-19H2,1-2H3,(H,28,34)(H,35,36)(H,37,38)(H,39,40)(H,41,42)(H,43,44). The number of nitrogens with one attached hydrogen (secondary N) is 1. The zero-order valence-corrected chi connectivity index (χ0v) is 25.5. The molecule has 0 radical (unpaired) electrons. The number of carbonyl (C=O) groups is 7. The lowest BCUT2D eigenvalue weighted by molar-refractivity contribution is -0.142. The molecular weight excluding hydrogens is 586 g/mol. The summed E-state index contributed by atoms with van der Waals surface area (Å²) in [6, 6.07) is -1.35. The lowest BCUT2D eigenvalue weighted by Crippen LogP contribution is -2.49. The first-order valence-electron chi connectivity index (χ1n) is 14.4. The van der Waals surface area contributed by atoms with Crippen LogP contribution in [0.5, 0.6) is 0 Å². The van der Waals surface area contributed by atoms with Crippen molar-refractivity contribution in [2.24, 2.45) is 0 Å². The second kappa shape index (κ2) is 22.8. The Balaban J connectivity index is 5.35. The van der Waals surface area contributed by atoms with E-state index >= 15 is 0 Å². The number of rotatable bonds is 28. The molecule has 0 saturated heterocycles. The maximum atomic E-state index is 12.9. The van der Waals surface area contributed by atoms with Crippen LogP contribution in [-0.4, -0.2) is 172 Å². The molecular formula is C27H47N5O12. The van der Waals surface area contributed by atoms with Gasteiger partial charge in [0, 0.05) is 58.5 Å². The van der Waals surface area contributed by atoms with Crippen LogP contribution >= 0.6 is 0 Å². The fourth-order valence-electron chi connectivity index (χ4n) is 4.19. The van der Waals surface area contributed by atoms with Gasteiger partial charge in [0.2, 0.25) is 5.91 Å². The maximum Gasteiger partial charge on any atom is 0.326 e. The molecule has 0 fully saturated rings. The first-order valence-corrected chi connectivity index (χ1v) is 14.4. The van der Waals surface area contributed by atoms with Gasteiger partial charge in [0.25, 0.3) is 0 Å². The maximum absolute atomic E-state index is 12.9. The van der Waals surface area contributed by atoms with Crippen molar-refractivity contribution in [3.8, 4) is 0 Å². The Bertz CT molecular complexity index is 964. The Morgan fingerprint density at radius 1 is 0.591 bits per heavy atom. The van der Waals surface area contributed by atoms with Crippen molar-refractivity contribution < 1.29 is 59.1 Å². The summed E-state index contributed by atoms with van der Waals surface area (Å²) in [5.74, 6) is -6.37. The molecule has 44 heavy (non-hydrogen) atoms. The third kappa shape index (κ3) is 21.9. The molecule has 1 amide bonds. The quantitative estimate of drug-likeness (QED) is 0.0546. The third-order valence-corrected chi connectivity index (χ3v) is 6.64. The van der Waals surface area contributed by atoms with E-state index in [1.54, 1.807) is 28.7 Å². The zero-order valence-electron chi connectivity index (χ0n) is 25.5. The molecule has 0 bridgehead atoms. The van der Waals surface area contributed by atoms with Crippen LogP contribution in [-0.2, 0) is 33.6 Å². The minimum Gasteiger partial charge on any atom is -0.481 e. The topological polar surface area (TPSA) is 246 Å². The van der Waals surface area contributed by atoms with E-state index in [1.165, 1.54) is 4.90 Å². The molecule has 6 N–H and O–H groups in total. The number of amides is 1. The summed E-state index contributed by atoms with van der Waals surface area (Å²) in [4.78, 5) is 87.2. The van der Waals surface area contributed by atoms with Crippen LogP contribution < -0.4 is 5.32 Å². The van der Waals surface area contributed by atoms with Gasteiger partial charge < -0.3 is 30.8 Å². The normalized spacial score (nSPS) is 12.0. The van der Waals surface area contributed by atoms with Gasteiger partial charge in [0.05, 0.1) is 26.2 Å². The van der Waals surface area contributed by atoms with Crippen molar-refractivity contribution in [3.05, 3.63) is 0 Å². The van der Waals surface area contributed by atoms with E-state index in [9.17, 15) is 43.8 Å². The fourth-order valence-corrected chi connectivity index (χ4v) is 4.19. The van der Waals surface area contributed by atoms with E-state index in [0.29, 0.717) is 19.4 Å². The van der Waals surface area contributed by atoms with Gasteiger partial charge in [-0.2, -0.15) is 0 Å². The number of nitrogens with zero attached hydrogens (tertiary/aromatic N) is 4. The van der Waals surface area contributed by atoms with Gasteiger partial charge in [-0.05, 0) is 32.9 Å². The summed E-state index contributed by atoms with van der Waals surface area (Å²) in [6.45, 7) is 2.40. The van der Waals surface area contributed by atoms with Gasteiger partial charge in [-0.25, -0.2) is 4.79 Å². The van der Waals surface area contributed by atoms with Gasteiger partial charge in [-0.15, -0.1) is 0 Å². The van der Waals surface area contributed by atoms with Crippen LogP contribution in [0.3, 0.4) is 0 Å². The number of unbranched alkanes of at least 4 members (excludes halogenated alkanes) is 1. The molecule has 0 aromatic rings. The van der Waals surface area contributed by atoms with Crippen molar-refractivity contribution >= 4 is 41.5 Å². The Labute approximate surface area is 256 Å². The predicted molar refractivity (Wildman–Crippen MR) is 155 cm³/mol. The summed E-state index contributed by atoms with van der Waals surface area (Å²) in [6.07, 6.45) is 0.438. The lowest BCUT2D eigenvalue weighted by Gasteiger charge is -2.29. The molecule has 1 atom stereocenters. The number of hydrogen-bond donors (Lipinski definition) is 6. The van der Waals surface area contributed by atoms with Crippen molar-refractivity contribution in [1.29, 1.82) is 0 Å². The first kappa shape index (κ1) is 40.3. The minimum absolute atomic E-state index is 0.0697. The van der Waals surface area contributed by atoms with Gasteiger partial charge in [-0.3, -0.25) is 48.4 Å². The van der Waals surface area contributed by atoms with E-state index in [0.717, 1.165) is 0 Å². The number of Topliss-reactive ketones (excluding diaryl/α,β-unsaturated/α-hetero) is 1. The fraction of sp³-hybridized carbons (Fsp3) is 0.741. The average molecular weight is 634 g/mol. The van der Waals surface area contributed by atoms with Crippen LogP contribution in [0.25, 0.3) is 0 Å². The van der Waals surface area contributed by atoms with E-state index in [4.69, 9.17) is 15.3 Å². The molecule has 0 aliphatic heterocycles. The highest BCUT2D eigenvalue weighted by molar-refractivity contribution is 5.85. The molecule has 1 unspecified atom stereocenters. The smallest absolute Gasteiger partial charge is 0.326 e. The van der Waals surface area contributed by atoms with E-state index in [-0.39, 0.29) is 96.9 Å². The molecule has 0 aliphatic carbocycles. The number of carboxylic acids is 5. The average Bonchev–Trinajstić information content (AvgIpc) is 2.91. The molecule has 0 heterocycles. The molecule has 0 aromatic heterocycles. The first-order chi connectivity index (χ1) is 20.6. The highest BCUT2D eigenvalue weighted by Crippen LogP contribution is 2.07. The molecule has 0 aliphatic rings. The number of hydrogen-bond acceptors (Lipinski definition) is 11. The molecule has 252 valence electrons. The molecule has 0 spiro atoms. The molecule has 17 nitrogen and oxygen atoms in total. The largest absolute Gasteiger partial charge is 0.481 e. The number of carboxylic acid groups (broad SMARTS) is 5. The van der Waals surface area contributed by atoms with E-state index < -0.39 is 41.8 Å². The van der Waals surface area contributed by atoms with Crippen molar-refractivity contribution in [3.63, 3.8) is 0 Å². The van der Waals surface area contributed by atoms with Crippen LogP contribution in [0.15, 0.2) is 0 Å². The minimum atomic E-state index is -1.35. The molecule has 0 aromatic carbocycles. The van der Waals surface area contributed by atoms with Gasteiger partial charge in [0.15, 0.2) is 0 Å². The third-order valence-electron chi connectivity index (χ3n) is 6.64. The zero-order chi connectivity index (χ0) is 33.7. The molecule has 0 rings (SSSR count). The van der Waals surface area contributed by atoms with E-state index in [2.05, 4.69) is 5.32 Å². The van der Waals surface area contributed by atoms with Crippen LogP contribution in [0, 0.1) is 0 Å². The summed E-state index contributed by atoms with van der Waals surface area (Å²) in [5.41, 5.74) is 0. The number of likely N-dealkylation sites (N-methyl/N-ethyl adjacent to an activating group) is 2. The summed E-state index contributed by atoms with van der Waals surface area (Å²) < 4.78 is 0. The van der Waals surface area contributed by atoms with Crippen LogP contribution in [0.2, 0.25) is 0 Å². The highest BCUT2D eigenvalue weighted by atomic mass is 16.4. The SMILES string of the molecule is CCN(CCN(CCN(CCN(C)CC(=O)O)CC(=O)O)CC(=O)NC(CCC(=O)CCCCC(=O)O)C(=O)O)CC(=O)O. The second-order valence-electron chi connectivity index (χ2n) is 10.5. The lowest BCUT2D eigenvalue weighted by atomic mass is 10.0. The van der Waals surface area contributed by atoms with Gasteiger partial charge >= 0.3 is 29.8 Å². The molecule has 17 heteroatoms. The highest BCUT2D eigenvalue weighted by Gasteiger charge is 2.23. The summed E-state index contributed by atoms with van der Waals surface area (Å²) in [7, 11) is 1.58. The van der Waals surface area contributed by atoms with Crippen molar-refractivity contribution in [2.75, 3.05) is 79.0 Å². The number of ketones is 1. The Morgan fingerprint density at radius 2 is 1.07 bits per heavy atom. The summed E-state index contributed by atoms with van der Waals surface area (Å²) >= 11 is 0. The van der Waals surface area contributed by atoms with E-state index in [1.807, 2.05) is 0 Å². The Morgan fingerprint density at radius 3 is 1.57 bits per heavy atom. The van der Waals surface area contributed by atoms with Crippen LogP contribution in [0.1, 0.15) is 45.4 Å². The number of aliphatic carboxylic acids is 5. The predicted octanol–water partition coefficient (Wildman–Crippen LogP) is -1.34. The summed E-state index contributed by atoms with van der Waals surface area (Å²) in [5, 5.41) is 48.1. The van der Waals surface area contributed by atoms with Crippen molar-refractivity contribution in [2.45, 2.75) is 51.5 Å². The Kier molecular flexibility index (Phi) is 20.9.